The molecule has 0 unspecified atom stereocenters. The van der Waals surface area contributed by atoms with E-state index in [1.807, 2.05) is 30.3 Å². The molecule has 0 aliphatic carbocycles. The van der Waals surface area contributed by atoms with Crippen LogP contribution in [0.4, 0.5) is 13.2 Å². The minimum atomic E-state index is -4.39. The van der Waals surface area contributed by atoms with Gasteiger partial charge in [-0.05, 0) is 17.7 Å². The van der Waals surface area contributed by atoms with Crippen molar-refractivity contribution in [3.05, 3.63) is 71.9 Å². The largest absolute Gasteiger partial charge is 0.484 e. The molecule has 8 heteroatoms. The van der Waals surface area contributed by atoms with E-state index < -0.39 is 18.7 Å². The fourth-order valence-corrected chi connectivity index (χ4v) is 2.26. The Morgan fingerprint density at radius 3 is 2.44 bits per heavy atom. The Morgan fingerprint density at radius 2 is 1.78 bits per heavy atom. The lowest BCUT2D eigenvalue weighted by atomic mass is 10.1. The first kappa shape index (κ1) is 18.5. The predicted octanol–water partition coefficient (Wildman–Crippen LogP) is 4.21. The zero-order valence-corrected chi connectivity index (χ0v) is 14.0. The number of ether oxygens (including phenoxy) is 1. The van der Waals surface area contributed by atoms with Crippen molar-refractivity contribution in [1.29, 1.82) is 0 Å². The van der Waals surface area contributed by atoms with Crippen molar-refractivity contribution in [3.63, 3.8) is 0 Å². The van der Waals surface area contributed by atoms with Crippen LogP contribution >= 0.6 is 0 Å². The minimum absolute atomic E-state index is 0.103. The van der Waals surface area contributed by atoms with Crippen molar-refractivity contribution in [1.82, 2.24) is 10.5 Å². The van der Waals surface area contributed by atoms with Gasteiger partial charge in [0.2, 0.25) is 0 Å². The van der Waals surface area contributed by atoms with E-state index in [2.05, 4.69) is 15.2 Å². The van der Waals surface area contributed by atoms with Crippen molar-refractivity contribution >= 4 is 5.91 Å². The van der Waals surface area contributed by atoms with E-state index in [-0.39, 0.29) is 18.0 Å². The smallest absolute Gasteiger partial charge is 0.422 e. The third kappa shape index (κ3) is 5.34. The number of carbonyl (C=O) groups is 1. The molecule has 1 aromatic heterocycles. The van der Waals surface area contributed by atoms with E-state index in [1.165, 1.54) is 12.1 Å². The van der Waals surface area contributed by atoms with Gasteiger partial charge in [0, 0.05) is 18.2 Å². The fraction of sp³-hybridized carbons (Fsp3) is 0.158. The Labute approximate surface area is 152 Å². The molecule has 1 N–H and O–H groups in total. The van der Waals surface area contributed by atoms with Crippen molar-refractivity contribution in [2.75, 3.05) is 6.61 Å². The van der Waals surface area contributed by atoms with Crippen molar-refractivity contribution in [3.8, 4) is 17.1 Å². The van der Waals surface area contributed by atoms with Gasteiger partial charge in [0.25, 0.3) is 5.91 Å². The average molecular weight is 376 g/mol. The summed E-state index contributed by atoms with van der Waals surface area (Å²) >= 11 is 0. The number of hydrogen-bond donors (Lipinski definition) is 1. The number of aromatic nitrogens is 1. The first-order valence-electron chi connectivity index (χ1n) is 7.99. The Balaban J connectivity index is 1.54. The van der Waals surface area contributed by atoms with Gasteiger partial charge in [-0.2, -0.15) is 13.2 Å². The molecule has 2 aromatic carbocycles. The molecule has 0 bridgehead atoms. The number of alkyl halides is 3. The number of rotatable bonds is 6. The Hall–Kier alpha value is -3.29. The fourth-order valence-electron chi connectivity index (χ4n) is 2.26. The van der Waals surface area contributed by atoms with Gasteiger partial charge in [0.1, 0.15) is 5.75 Å². The van der Waals surface area contributed by atoms with E-state index >= 15 is 0 Å². The van der Waals surface area contributed by atoms with Gasteiger partial charge in [-0.25, -0.2) is 0 Å². The maximum absolute atomic E-state index is 12.2. The summed E-state index contributed by atoms with van der Waals surface area (Å²) in [6.45, 7) is -1.16. The van der Waals surface area contributed by atoms with Crippen molar-refractivity contribution in [2.24, 2.45) is 0 Å². The maximum Gasteiger partial charge on any atom is 0.422 e. The Morgan fingerprint density at radius 1 is 1.07 bits per heavy atom. The monoisotopic (exact) mass is 376 g/mol. The molecule has 0 radical (unpaired) electrons. The zero-order valence-electron chi connectivity index (χ0n) is 14.0. The van der Waals surface area contributed by atoms with E-state index in [4.69, 9.17) is 4.52 Å². The molecule has 0 atom stereocenters. The van der Waals surface area contributed by atoms with Crippen LogP contribution in [0.3, 0.4) is 0 Å². The topological polar surface area (TPSA) is 64.4 Å². The van der Waals surface area contributed by atoms with Crippen molar-refractivity contribution in [2.45, 2.75) is 12.7 Å². The summed E-state index contributed by atoms with van der Waals surface area (Å²) in [6, 6.07) is 16.8. The first-order chi connectivity index (χ1) is 12.9. The molecule has 0 fully saturated rings. The molecule has 140 valence electrons. The average Bonchev–Trinajstić information content (AvgIpc) is 3.16. The molecule has 3 aromatic rings. The van der Waals surface area contributed by atoms with Crippen LogP contribution in [0.15, 0.2) is 65.2 Å². The van der Waals surface area contributed by atoms with Gasteiger partial charge in [-0.15, -0.1) is 0 Å². The highest BCUT2D eigenvalue weighted by Gasteiger charge is 2.28. The predicted molar refractivity (Wildman–Crippen MR) is 91.1 cm³/mol. The normalized spacial score (nSPS) is 11.2. The molecular formula is C19H15F3N2O3. The second kappa shape index (κ2) is 7.94. The Kier molecular flexibility index (Phi) is 5.44. The first-order valence-corrected chi connectivity index (χ1v) is 7.99. The summed E-state index contributed by atoms with van der Waals surface area (Å²) in [7, 11) is 0. The number of amides is 1. The molecule has 0 saturated carbocycles. The lowest BCUT2D eigenvalue weighted by molar-refractivity contribution is -0.153. The van der Waals surface area contributed by atoms with Gasteiger partial charge in [-0.3, -0.25) is 4.79 Å². The van der Waals surface area contributed by atoms with Crippen LogP contribution in [0.1, 0.15) is 16.1 Å². The quantitative estimate of drug-likeness (QED) is 0.700. The highest BCUT2D eigenvalue weighted by molar-refractivity contribution is 5.93. The third-order valence-electron chi connectivity index (χ3n) is 3.58. The molecular weight excluding hydrogens is 361 g/mol. The van der Waals surface area contributed by atoms with Crippen LogP contribution < -0.4 is 10.1 Å². The summed E-state index contributed by atoms with van der Waals surface area (Å²) < 4.78 is 46.2. The molecule has 0 aliphatic rings. The molecule has 1 heterocycles. The molecule has 0 saturated heterocycles. The molecule has 3 rings (SSSR count). The standard InChI is InChI=1S/C19H15F3N2O3/c20-19(21,22)12-26-15-8-6-13(7-9-15)11-23-18(25)16-10-17(27-24-16)14-4-2-1-3-5-14/h1-10H,11-12H2,(H,23,25). The molecule has 0 spiro atoms. The van der Waals surface area contributed by atoms with E-state index in [0.29, 0.717) is 11.3 Å². The van der Waals surface area contributed by atoms with Gasteiger partial charge in [0.15, 0.2) is 18.1 Å². The number of nitrogens with one attached hydrogen (secondary N) is 1. The number of halogens is 3. The number of nitrogens with zero attached hydrogens (tertiary/aromatic N) is 1. The van der Waals surface area contributed by atoms with Crippen LogP contribution in [0.25, 0.3) is 11.3 Å². The highest BCUT2D eigenvalue weighted by atomic mass is 19.4. The maximum atomic E-state index is 12.2. The van der Waals surface area contributed by atoms with Gasteiger partial charge in [-0.1, -0.05) is 47.6 Å². The number of benzene rings is 2. The summed E-state index contributed by atoms with van der Waals surface area (Å²) in [5.41, 5.74) is 1.65. The van der Waals surface area contributed by atoms with E-state index in [1.54, 1.807) is 18.2 Å². The summed E-state index contributed by atoms with van der Waals surface area (Å²) in [4.78, 5) is 12.2. The van der Waals surface area contributed by atoms with Crippen LogP contribution in [0.5, 0.6) is 5.75 Å². The summed E-state index contributed by atoms with van der Waals surface area (Å²) in [5, 5.41) is 6.43. The van der Waals surface area contributed by atoms with Crippen LogP contribution in [-0.4, -0.2) is 23.8 Å². The van der Waals surface area contributed by atoms with Crippen LogP contribution in [-0.2, 0) is 6.54 Å². The molecule has 5 nitrogen and oxygen atoms in total. The molecule has 27 heavy (non-hydrogen) atoms. The van der Waals surface area contributed by atoms with E-state index in [0.717, 1.165) is 5.56 Å². The highest BCUT2D eigenvalue weighted by Crippen LogP contribution is 2.20. The lowest BCUT2D eigenvalue weighted by Crippen LogP contribution is -2.23. The van der Waals surface area contributed by atoms with Gasteiger partial charge < -0.3 is 14.6 Å². The lowest BCUT2D eigenvalue weighted by Gasteiger charge is -2.09. The van der Waals surface area contributed by atoms with Crippen LogP contribution in [0, 0.1) is 0 Å². The van der Waals surface area contributed by atoms with Gasteiger partial charge in [0.05, 0.1) is 0 Å². The summed E-state index contributed by atoms with van der Waals surface area (Å²) in [6.07, 6.45) is -4.39. The van der Waals surface area contributed by atoms with E-state index in [9.17, 15) is 18.0 Å². The molecule has 1 amide bonds. The third-order valence-corrected chi connectivity index (χ3v) is 3.58. The summed E-state index contributed by atoms with van der Waals surface area (Å²) in [5.74, 6) is 0.164. The zero-order chi connectivity index (χ0) is 19.3. The van der Waals surface area contributed by atoms with Gasteiger partial charge >= 0.3 is 6.18 Å². The minimum Gasteiger partial charge on any atom is -0.484 e. The second-order valence-corrected chi connectivity index (χ2v) is 5.67. The number of hydrogen-bond acceptors (Lipinski definition) is 4. The number of carbonyl (C=O) groups excluding carboxylic acids is 1. The SMILES string of the molecule is O=C(NCc1ccc(OCC(F)(F)F)cc1)c1cc(-c2ccccc2)on1. The van der Waals surface area contributed by atoms with Crippen molar-refractivity contribution < 1.29 is 27.2 Å². The second-order valence-electron chi connectivity index (χ2n) is 5.67. The Bertz CT molecular complexity index is 891. The molecule has 0 aliphatic heterocycles. The van der Waals surface area contributed by atoms with Crippen LogP contribution in [0.2, 0.25) is 0 Å².